The van der Waals surface area contributed by atoms with Crippen molar-refractivity contribution in [1.82, 2.24) is 0 Å². The number of nitrogens with two attached hydrogens (primary N) is 1. The Labute approximate surface area is 113 Å². The quantitative estimate of drug-likeness (QED) is 0.592. The summed E-state index contributed by atoms with van der Waals surface area (Å²) >= 11 is 1.53. The van der Waals surface area contributed by atoms with Crippen molar-refractivity contribution < 1.29 is 19.4 Å². The predicted molar refractivity (Wildman–Crippen MR) is 73.8 cm³/mol. The third-order valence-electron chi connectivity index (χ3n) is 2.55. The maximum atomic E-state index is 10.9. The molecule has 1 atom stereocenters. The number of ether oxygens (including phenoxy) is 2. The number of aliphatic carboxylic acids is 1. The topological polar surface area (TPSA) is 81.8 Å². The molecule has 0 aliphatic carbocycles. The number of thioether (sulfide) groups is 1. The predicted octanol–water partition coefficient (Wildman–Crippen LogP) is 1.70. The molecule has 0 aromatic carbocycles. The van der Waals surface area contributed by atoms with Crippen molar-refractivity contribution in [2.45, 2.75) is 51.2 Å². The number of carboxylic acids is 1. The van der Waals surface area contributed by atoms with Crippen LogP contribution in [0.1, 0.15) is 34.1 Å². The zero-order valence-electron chi connectivity index (χ0n) is 11.6. The van der Waals surface area contributed by atoms with Crippen LogP contribution in [0.3, 0.4) is 0 Å². The summed E-state index contributed by atoms with van der Waals surface area (Å²) in [4.78, 5) is 10.9. The molecule has 0 aliphatic heterocycles. The molecule has 0 aromatic rings. The summed E-state index contributed by atoms with van der Waals surface area (Å²) in [5, 5.41) is 8.91. The zero-order chi connectivity index (χ0) is 14.2. The largest absolute Gasteiger partial charge is 0.480 e. The second kappa shape index (κ2) is 8.74. The van der Waals surface area contributed by atoms with E-state index < -0.39 is 16.8 Å². The van der Waals surface area contributed by atoms with Crippen molar-refractivity contribution >= 4 is 17.7 Å². The molecule has 18 heavy (non-hydrogen) atoms. The van der Waals surface area contributed by atoms with Gasteiger partial charge in [-0.15, -0.1) is 0 Å². The number of rotatable bonds is 10. The number of carboxylic acid groups (broad SMARTS) is 1. The second-order valence-electron chi connectivity index (χ2n) is 4.40. The summed E-state index contributed by atoms with van der Waals surface area (Å²) in [6, 6.07) is -0.875. The summed E-state index contributed by atoms with van der Waals surface area (Å²) in [6.45, 7) is 8.73. The van der Waals surface area contributed by atoms with Crippen LogP contribution in [0, 0.1) is 0 Å². The van der Waals surface area contributed by atoms with Crippen LogP contribution in [0.4, 0.5) is 0 Å². The lowest BCUT2D eigenvalue weighted by molar-refractivity contribution is -0.139. The van der Waals surface area contributed by atoms with Crippen LogP contribution in [-0.2, 0) is 14.3 Å². The fraction of sp³-hybridized carbons (Fsp3) is 0.917. The molecule has 0 saturated carbocycles. The average Bonchev–Trinajstić information content (AvgIpc) is 2.28. The third-order valence-corrected chi connectivity index (χ3v) is 3.99. The Kier molecular flexibility index (Phi) is 8.60. The summed E-state index contributed by atoms with van der Waals surface area (Å²) in [5.41, 5.74) is 5.65. The van der Waals surface area contributed by atoms with Gasteiger partial charge in [0.05, 0.1) is 0 Å². The average molecular weight is 279 g/mol. The minimum absolute atomic E-state index is 0.218. The molecule has 0 fully saturated rings. The highest BCUT2D eigenvalue weighted by molar-refractivity contribution is 8.00. The minimum atomic E-state index is -0.973. The van der Waals surface area contributed by atoms with E-state index in [1.54, 1.807) is 0 Å². The lowest BCUT2D eigenvalue weighted by atomic mass is 10.1. The maximum absolute atomic E-state index is 10.9. The molecular weight excluding hydrogens is 254 g/mol. The van der Waals surface area contributed by atoms with Crippen molar-refractivity contribution in [3.63, 3.8) is 0 Å². The highest BCUT2D eigenvalue weighted by atomic mass is 32.2. The molecular formula is C12H25NO4S. The first-order valence-electron chi connectivity index (χ1n) is 6.20. The van der Waals surface area contributed by atoms with Crippen molar-refractivity contribution in [2.24, 2.45) is 5.73 Å². The molecule has 0 bridgehead atoms. The molecule has 0 unspecified atom stereocenters. The molecule has 0 radical (unpaired) electrons. The van der Waals surface area contributed by atoms with Crippen LogP contribution in [-0.4, -0.2) is 47.1 Å². The molecule has 0 rings (SSSR count). The normalized spacial score (nSPS) is 13.9. The van der Waals surface area contributed by atoms with E-state index in [1.807, 2.05) is 27.7 Å². The number of hydrogen-bond acceptors (Lipinski definition) is 5. The van der Waals surface area contributed by atoms with Crippen LogP contribution in [0.5, 0.6) is 0 Å². The smallest absolute Gasteiger partial charge is 0.321 e. The number of hydrogen-bond donors (Lipinski definition) is 2. The fourth-order valence-electron chi connectivity index (χ4n) is 1.39. The van der Waals surface area contributed by atoms with Gasteiger partial charge in [-0.1, -0.05) is 0 Å². The summed E-state index contributed by atoms with van der Waals surface area (Å²) < 4.78 is 10.3. The van der Waals surface area contributed by atoms with E-state index in [0.717, 1.165) is 12.2 Å². The van der Waals surface area contributed by atoms with Gasteiger partial charge in [0.2, 0.25) is 0 Å². The van der Waals surface area contributed by atoms with Gasteiger partial charge in [0, 0.05) is 24.4 Å². The molecule has 0 aromatic heterocycles. The van der Waals surface area contributed by atoms with Crippen LogP contribution < -0.4 is 5.73 Å². The minimum Gasteiger partial charge on any atom is -0.480 e. The SMILES string of the molecule is CCOC(CCSC(C)(C)[C@@H](N)C(=O)O)OCC. The van der Waals surface area contributed by atoms with Crippen LogP contribution in [0.2, 0.25) is 0 Å². The van der Waals surface area contributed by atoms with Crippen molar-refractivity contribution in [2.75, 3.05) is 19.0 Å². The monoisotopic (exact) mass is 279 g/mol. The van der Waals surface area contributed by atoms with Crippen LogP contribution in [0.25, 0.3) is 0 Å². The van der Waals surface area contributed by atoms with E-state index in [9.17, 15) is 4.79 Å². The van der Waals surface area contributed by atoms with E-state index in [4.69, 9.17) is 20.3 Å². The zero-order valence-corrected chi connectivity index (χ0v) is 12.5. The molecule has 3 N–H and O–H groups in total. The first-order chi connectivity index (χ1) is 8.35. The van der Waals surface area contributed by atoms with Gasteiger partial charge in [-0.2, -0.15) is 11.8 Å². The summed E-state index contributed by atoms with van der Waals surface area (Å²) in [6.07, 6.45) is 0.506. The van der Waals surface area contributed by atoms with Gasteiger partial charge in [0.15, 0.2) is 6.29 Å². The van der Waals surface area contributed by atoms with E-state index in [2.05, 4.69) is 0 Å². The molecule has 0 spiro atoms. The van der Waals surface area contributed by atoms with Gasteiger partial charge in [-0.25, -0.2) is 0 Å². The van der Waals surface area contributed by atoms with Gasteiger partial charge in [-0.3, -0.25) is 4.79 Å². The molecule has 5 nitrogen and oxygen atoms in total. The highest BCUT2D eigenvalue weighted by Crippen LogP contribution is 2.28. The second-order valence-corrected chi connectivity index (χ2v) is 6.15. The standard InChI is InChI=1S/C12H25NO4S/c1-5-16-9(17-6-2)7-8-18-12(3,4)10(13)11(14)15/h9-10H,5-8,13H2,1-4H3,(H,14,15)/t10-/m0/s1. The Bertz CT molecular complexity index is 242. The Morgan fingerprint density at radius 1 is 1.33 bits per heavy atom. The van der Waals surface area contributed by atoms with Gasteiger partial charge in [-0.05, 0) is 33.4 Å². The van der Waals surface area contributed by atoms with E-state index >= 15 is 0 Å². The third kappa shape index (κ3) is 6.58. The summed E-state index contributed by atoms with van der Waals surface area (Å²) in [5.74, 6) is -0.225. The Morgan fingerprint density at radius 3 is 2.22 bits per heavy atom. The van der Waals surface area contributed by atoms with E-state index in [-0.39, 0.29) is 6.29 Å². The first-order valence-corrected chi connectivity index (χ1v) is 7.19. The van der Waals surface area contributed by atoms with Gasteiger partial charge < -0.3 is 20.3 Å². The molecule has 0 amide bonds. The lowest BCUT2D eigenvalue weighted by Gasteiger charge is -2.28. The van der Waals surface area contributed by atoms with Crippen LogP contribution >= 0.6 is 11.8 Å². The van der Waals surface area contributed by atoms with Crippen molar-refractivity contribution in [1.29, 1.82) is 0 Å². The summed E-state index contributed by atoms with van der Waals surface area (Å²) in [7, 11) is 0. The van der Waals surface area contributed by atoms with Crippen LogP contribution in [0.15, 0.2) is 0 Å². The maximum Gasteiger partial charge on any atom is 0.321 e. The first kappa shape index (κ1) is 17.7. The van der Waals surface area contributed by atoms with Crippen molar-refractivity contribution in [3.8, 4) is 0 Å². The van der Waals surface area contributed by atoms with Gasteiger partial charge >= 0.3 is 5.97 Å². The molecule has 108 valence electrons. The van der Waals surface area contributed by atoms with E-state index in [0.29, 0.717) is 13.2 Å². The van der Waals surface area contributed by atoms with Gasteiger partial charge in [0.1, 0.15) is 6.04 Å². The molecule has 0 aliphatic rings. The van der Waals surface area contributed by atoms with Crippen molar-refractivity contribution in [3.05, 3.63) is 0 Å². The Hall–Kier alpha value is -0.300. The molecule has 0 saturated heterocycles. The number of carbonyl (C=O) groups is 1. The highest BCUT2D eigenvalue weighted by Gasteiger charge is 2.32. The fourth-order valence-corrected chi connectivity index (χ4v) is 2.51. The van der Waals surface area contributed by atoms with E-state index in [1.165, 1.54) is 11.8 Å². The molecule has 0 heterocycles. The Morgan fingerprint density at radius 2 is 1.83 bits per heavy atom. The van der Waals surface area contributed by atoms with Gasteiger partial charge in [0.25, 0.3) is 0 Å². The Balaban J connectivity index is 4.10. The lowest BCUT2D eigenvalue weighted by Crippen LogP contribution is -2.47. The molecule has 6 heteroatoms.